The summed E-state index contributed by atoms with van der Waals surface area (Å²) in [4.78, 5) is 11.1. The van der Waals surface area contributed by atoms with Crippen LogP contribution in [0, 0.1) is 28.6 Å². The zero-order valence-electron chi connectivity index (χ0n) is 14.4. The summed E-state index contributed by atoms with van der Waals surface area (Å²) in [6.45, 7) is 2.54. The SMILES string of the molecule is C[C@]12CCCCC1=CC[C@H]1[C@@H]3CC=C[C@@]3(CCC(=O)O)CC[C@@H]12. The molecule has 1 N–H and O–H groups in total. The van der Waals surface area contributed by atoms with E-state index >= 15 is 0 Å². The Morgan fingerprint density at radius 2 is 2.13 bits per heavy atom. The van der Waals surface area contributed by atoms with Crippen molar-refractivity contribution in [2.75, 3.05) is 0 Å². The maximum atomic E-state index is 11.1. The molecule has 2 heteroatoms. The highest BCUT2D eigenvalue weighted by Crippen LogP contribution is 2.64. The highest BCUT2D eigenvalue weighted by atomic mass is 16.4. The average Bonchev–Trinajstić information content (AvgIpc) is 2.97. The largest absolute Gasteiger partial charge is 0.481 e. The number of fused-ring (bicyclic) bond motifs is 5. The number of hydrogen-bond donors (Lipinski definition) is 1. The van der Waals surface area contributed by atoms with Crippen molar-refractivity contribution in [3.8, 4) is 0 Å². The van der Waals surface area contributed by atoms with Crippen LogP contribution in [0.3, 0.4) is 0 Å². The summed E-state index contributed by atoms with van der Waals surface area (Å²) in [5.41, 5.74) is 2.40. The van der Waals surface area contributed by atoms with Crippen LogP contribution in [0.5, 0.6) is 0 Å². The molecule has 0 amide bonds. The molecule has 0 aromatic carbocycles. The molecule has 4 aliphatic rings. The van der Waals surface area contributed by atoms with Crippen molar-refractivity contribution in [3.63, 3.8) is 0 Å². The van der Waals surface area contributed by atoms with E-state index < -0.39 is 5.97 Å². The first-order valence-corrected chi connectivity index (χ1v) is 9.64. The lowest BCUT2D eigenvalue weighted by Gasteiger charge is -2.57. The number of carboxylic acids is 1. The Labute approximate surface area is 140 Å². The lowest BCUT2D eigenvalue weighted by atomic mass is 9.47. The molecule has 2 saturated carbocycles. The van der Waals surface area contributed by atoms with Crippen LogP contribution in [0.25, 0.3) is 0 Å². The van der Waals surface area contributed by atoms with Crippen molar-refractivity contribution in [3.05, 3.63) is 23.8 Å². The van der Waals surface area contributed by atoms with E-state index in [-0.39, 0.29) is 5.41 Å². The van der Waals surface area contributed by atoms with E-state index in [1.807, 2.05) is 0 Å². The maximum absolute atomic E-state index is 11.1. The Morgan fingerprint density at radius 1 is 1.26 bits per heavy atom. The summed E-state index contributed by atoms with van der Waals surface area (Å²) in [7, 11) is 0. The van der Waals surface area contributed by atoms with Crippen LogP contribution in [0.15, 0.2) is 23.8 Å². The van der Waals surface area contributed by atoms with E-state index in [4.69, 9.17) is 5.11 Å². The molecular weight excluding hydrogens is 284 g/mol. The first-order valence-electron chi connectivity index (χ1n) is 9.64. The second-order valence-corrected chi connectivity index (χ2v) is 8.77. The van der Waals surface area contributed by atoms with Crippen molar-refractivity contribution < 1.29 is 9.90 Å². The molecule has 0 aliphatic heterocycles. The summed E-state index contributed by atoms with van der Waals surface area (Å²) < 4.78 is 0. The number of aliphatic carboxylic acids is 1. The van der Waals surface area contributed by atoms with Gasteiger partial charge in [-0.15, -0.1) is 0 Å². The molecule has 23 heavy (non-hydrogen) atoms. The van der Waals surface area contributed by atoms with Gasteiger partial charge in [-0.25, -0.2) is 0 Å². The summed E-state index contributed by atoms with van der Waals surface area (Å²) in [6.07, 6.45) is 19.0. The molecule has 0 radical (unpaired) electrons. The Hall–Kier alpha value is -1.05. The lowest BCUT2D eigenvalue weighted by Crippen LogP contribution is -2.49. The van der Waals surface area contributed by atoms with Gasteiger partial charge in [0, 0.05) is 6.42 Å². The van der Waals surface area contributed by atoms with Crippen molar-refractivity contribution in [2.24, 2.45) is 28.6 Å². The van der Waals surface area contributed by atoms with Gasteiger partial charge < -0.3 is 5.11 Å². The van der Waals surface area contributed by atoms with E-state index in [0.29, 0.717) is 17.8 Å². The quantitative estimate of drug-likeness (QED) is 0.713. The van der Waals surface area contributed by atoms with Gasteiger partial charge in [-0.3, -0.25) is 4.79 Å². The van der Waals surface area contributed by atoms with Gasteiger partial charge in [0.2, 0.25) is 0 Å². The van der Waals surface area contributed by atoms with Gasteiger partial charge in [0.25, 0.3) is 0 Å². The van der Waals surface area contributed by atoms with Crippen LogP contribution < -0.4 is 0 Å². The van der Waals surface area contributed by atoms with Crippen LogP contribution in [0.1, 0.15) is 71.1 Å². The topological polar surface area (TPSA) is 37.3 Å². The van der Waals surface area contributed by atoms with Crippen LogP contribution >= 0.6 is 0 Å². The Bertz CT molecular complexity index is 560. The van der Waals surface area contributed by atoms with Crippen LogP contribution in [-0.4, -0.2) is 11.1 Å². The molecule has 0 aromatic heterocycles. The third-order valence-electron chi connectivity index (χ3n) is 7.92. The Morgan fingerprint density at radius 3 is 2.96 bits per heavy atom. The first-order chi connectivity index (χ1) is 11.1. The number of rotatable bonds is 3. The molecule has 5 atom stereocenters. The minimum absolute atomic E-state index is 0.190. The molecule has 0 heterocycles. The molecule has 0 bridgehead atoms. The monoisotopic (exact) mass is 314 g/mol. The van der Waals surface area contributed by atoms with Gasteiger partial charge in [0.05, 0.1) is 0 Å². The molecule has 0 saturated heterocycles. The summed E-state index contributed by atoms with van der Waals surface area (Å²) >= 11 is 0. The Kier molecular flexibility index (Phi) is 3.70. The first kappa shape index (κ1) is 15.5. The number of carbonyl (C=O) groups is 1. The molecule has 4 aliphatic carbocycles. The zero-order chi connectivity index (χ0) is 16.1. The van der Waals surface area contributed by atoms with Gasteiger partial charge >= 0.3 is 5.97 Å². The minimum Gasteiger partial charge on any atom is -0.481 e. The van der Waals surface area contributed by atoms with Gasteiger partial charge in [-0.2, -0.15) is 0 Å². The molecule has 2 fully saturated rings. The Balaban J connectivity index is 1.61. The second kappa shape index (κ2) is 5.50. The molecule has 0 unspecified atom stereocenters. The zero-order valence-corrected chi connectivity index (χ0v) is 14.4. The molecular formula is C21H30O2. The molecule has 2 nitrogen and oxygen atoms in total. The number of hydrogen-bond acceptors (Lipinski definition) is 1. The van der Waals surface area contributed by atoms with E-state index in [0.717, 1.165) is 18.3 Å². The van der Waals surface area contributed by atoms with E-state index in [9.17, 15) is 4.79 Å². The fourth-order valence-corrected chi connectivity index (χ4v) is 6.74. The van der Waals surface area contributed by atoms with Gasteiger partial charge in [0.15, 0.2) is 0 Å². The molecule has 0 aromatic rings. The number of carboxylic acid groups (broad SMARTS) is 1. The third-order valence-corrected chi connectivity index (χ3v) is 7.92. The van der Waals surface area contributed by atoms with Crippen LogP contribution in [0.2, 0.25) is 0 Å². The predicted molar refractivity (Wildman–Crippen MR) is 92.0 cm³/mol. The molecule has 126 valence electrons. The van der Waals surface area contributed by atoms with Crippen molar-refractivity contribution in [1.82, 2.24) is 0 Å². The van der Waals surface area contributed by atoms with Crippen molar-refractivity contribution in [2.45, 2.75) is 71.1 Å². The highest BCUT2D eigenvalue weighted by molar-refractivity contribution is 5.66. The number of allylic oxidation sites excluding steroid dienone is 4. The fraction of sp³-hybridized carbons (Fsp3) is 0.762. The maximum Gasteiger partial charge on any atom is 0.303 e. The smallest absolute Gasteiger partial charge is 0.303 e. The summed E-state index contributed by atoms with van der Waals surface area (Å²) in [6, 6.07) is 0. The van der Waals surface area contributed by atoms with Gasteiger partial charge in [0.1, 0.15) is 0 Å². The fourth-order valence-electron chi connectivity index (χ4n) is 6.74. The third kappa shape index (κ3) is 2.32. The predicted octanol–water partition coefficient (Wildman–Crippen LogP) is 5.35. The standard InChI is InChI=1S/C21H30O2/c1-20-11-3-2-5-15(20)7-8-16-17(20)9-13-21(14-10-19(22)23)12-4-6-18(16)21/h4,7,12,16-18H,2-3,5-6,8-11,13-14H2,1H3,(H,22,23)/t16-,17+,18+,20+,21+/m1/s1. The highest BCUT2D eigenvalue weighted by Gasteiger charge is 2.55. The normalized spacial score (nSPS) is 44.9. The minimum atomic E-state index is -0.634. The average molecular weight is 314 g/mol. The summed E-state index contributed by atoms with van der Waals surface area (Å²) in [5.74, 6) is 1.67. The lowest BCUT2D eigenvalue weighted by molar-refractivity contribution is -0.138. The van der Waals surface area contributed by atoms with Gasteiger partial charge in [-0.1, -0.05) is 37.1 Å². The second-order valence-electron chi connectivity index (χ2n) is 8.77. The van der Waals surface area contributed by atoms with Crippen LogP contribution in [0.4, 0.5) is 0 Å². The van der Waals surface area contributed by atoms with E-state index in [2.05, 4.69) is 25.2 Å². The van der Waals surface area contributed by atoms with Gasteiger partial charge in [-0.05, 0) is 80.0 Å². The van der Waals surface area contributed by atoms with Crippen molar-refractivity contribution in [1.29, 1.82) is 0 Å². The van der Waals surface area contributed by atoms with E-state index in [1.165, 1.54) is 51.4 Å². The van der Waals surface area contributed by atoms with Crippen molar-refractivity contribution >= 4 is 5.97 Å². The summed E-state index contributed by atoms with van der Waals surface area (Å²) in [5, 5.41) is 9.15. The van der Waals surface area contributed by atoms with E-state index in [1.54, 1.807) is 5.57 Å². The molecule has 4 rings (SSSR count). The molecule has 0 spiro atoms. The van der Waals surface area contributed by atoms with Crippen LogP contribution in [-0.2, 0) is 4.79 Å².